The Bertz CT molecular complexity index is 1630. The minimum absolute atomic E-state index is 0.0179. The fourth-order valence-corrected chi connectivity index (χ4v) is 5.30. The zero-order chi connectivity index (χ0) is 31.6. The molecule has 8 heteroatoms. The molecule has 0 unspecified atom stereocenters. The highest BCUT2D eigenvalue weighted by molar-refractivity contribution is 5.92. The van der Waals surface area contributed by atoms with Crippen LogP contribution in [0.4, 0.5) is 0 Å². The molecule has 0 spiro atoms. The molecule has 1 aromatic heterocycles. The van der Waals surface area contributed by atoms with E-state index >= 15 is 0 Å². The molecule has 1 fully saturated rings. The van der Waals surface area contributed by atoms with Crippen molar-refractivity contribution in [2.45, 2.75) is 33.4 Å². The van der Waals surface area contributed by atoms with Crippen molar-refractivity contribution < 1.29 is 19.4 Å². The molecule has 45 heavy (non-hydrogen) atoms. The molecule has 0 atom stereocenters. The molecule has 1 amide bonds. The molecule has 0 saturated carbocycles. The zero-order valence-electron chi connectivity index (χ0n) is 25.8. The number of amides is 1. The van der Waals surface area contributed by atoms with Crippen LogP contribution in [-0.2, 0) is 24.4 Å². The van der Waals surface area contributed by atoms with Gasteiger partial charge in [-0.1, -0.05) is 36.4 Å². The van der Waals surface area contributed by atoms with Crippen molar-refractivity contribution in [3.05, 3.63) is 124 Å². The van der Waals surface area contributed by atoms with Crippen molar-refractivity contribution >= 4 is 12.0 Å². The van der Waals surface area contributed by atoms with Crippen LogP contribution in [0.1, 0.15) is 38.9 Å². The van der Waals surface area contributed by atoms with Gasteiger partial charge in [-0.05, 0) is 90.1 Å². The van der Waals surface area contributed by atoms with Crippen molar-refractivity contribution in [3.63, 3.8) is 0 Å². The summed E-state index contributed by atoms with van der Waals surface area (Å²) in [6, 6.07) is 25.4. The monoisotopic (exact) mass is 602 g/mol. The standard InChI is InChI=1S/C37H38N4O4/c1-27-21-33(11-14-36(43)41-18-16-40(17-19-41)25-31-7-3-29(4-8-31)15-20-42)22-28(2)37(27)45-35-13-12-34(24-39-35)44-26-32-9-5-30(23-38)6-10-32/h3-14,21-22,24,42H,15-20,25-26H2,1-2H3/b14-11+. The van der Waals surface area contributed by atoms with Crippen LogP contribution >= 0.6 is 0 Å². The first kappa shape index (κ1) is 31.5. The van der Waals surface area contributed by atoms with Crippen molar-refractivity contribution in [2.24, 2.45) is 0 Å². The maximum atomic E-state index is 12.9. The van der Waals surface area contributed by atoms with Crippen LogP contribution < -0.4 is 9.47 Å². The van der Waals surface area contributed by atoms with Crippen molar-refractivity contribution in [3.8, 4) is 23.4 Å². The van der Waals surface area contributed by atoms with E-state index in [1.807, 2.05) is 55.2 Å². The second kappa shape index (κ2) is 15.2. The smallest absolute Gasteiger partial charge is 0.246 e. The molecule has 230 valence electrons. The van der Waals surface area contributed by atoms with Gasteiger partial charge in [-0.3, -0.25) is 9.69 Å². The molecule has 1 aliphatic heterocycles. The number of carbonyl (C=O) groups excluding carboxylic acids is 1. The Hall–Kier alpha value is -4.97. The number of aryl methyl sites for hydroxylation is 2. The van der Waals surface area contributed by atoms with E-state index in [4.69, 9.17) is 19.8 Å². The highest BCUT2D eigenvalue weighted by atomic mass is 16.5. The third kappa shape index (κ3) is 8.79. The van der Waals surface area contributed by atoms with E-state index in [1.165, 1.54) is 5.56 Å². The first-order valence-electron chi connectivity index (χ1n) is 15.1. The van der Waals surface area contributed by atoms with E-state index in [-0.39, 0.29) is 12.5 Å². The van der Waals surface area contributed by atoms with E-state index in [0.717, 1.165) is 53.2 Å². The lowest BCUT2D eigenvalue weighted by molar-refractivity contribution is -0.127. The van der Waals surface area contributed by atoms with E-state index < -0.39 is 0 Å². The molecule has 1 saturated heterocycles. The van der Waals surface area contributed by atoms with Crippen LogP contribution in [0.15, 0.2) is 85.1 Å². The number of benzene rings is 3. The van der Waals surface area contributed by atoms with Gasteiger partial charge in [0.1, 0.15) is 18.1 Å². The van der Waals surface area contributed by atoms with Gasteiger partial charge in [0.05, 0.1) is 17.8 Å². The molecular formula is C37H38N4O4. The molecule has 1 N–H and O–H groups in total. The van der Waals surface area contributed by atoms with Crippen LogP contribution in [0, 0.1) is 25.2 Å². The van der Waals surface area contributed by atoms with E-state index in [1.54, 1.807) is 30.5 Å². The minimum Gasteiger partial charge on any atom is -0.487 e. The third-order valence-corrected chi connectivity index (χ3v) is 7.82. The number of hydrogen-bond donors (Lipinski definition) is 1. The fourth-order valence-electron chi connectivity index (χ4n) is 5.30. The highest BCUT2D eigenvalue weighted by Gasteiger charge is 2.20. The van der Waals surface area contributed by atoms with Gasteiger partial charge in [-0.2, -0.15) is 5.26 Å². The molecule has 3 aromatic carbocycles. The quantitative estimate of drug-likeness (QED) is 0.216. The number of ether oxygens (including phenoxy) is 2. The maximum absolute atomic E-state index is 12.9. The largest absolute Gasteiger partial charge is 0.487 e. The van der Waals surface area contributed by atoms with Gasteiger partial charge in [-0.25, -0.2) is 4.98 Å². The molecule has 0 radical (unpaired) electrons. The van der Waals surface area contributed by atoms with E-state index in [2.05, 4.69) is 40.2 Å². The molecule has 2 heterocycles. The normalized spacial score (nSPS) is 13.5. The summed E-state index contributed by atoms with van der Waals surface area (Å²) in [6.07, 6.45) is 5.83. The van der Waals surface area contributed by atoms with Crippen molar-refractivity contribution in [2.75, 3.05) is 32.8 Å². The summed E-state index contributed by atoms with van der Waals surface area (Å²) in [5, 5.41) is 18.0. The second-order valence-electron chi connectivity index (χ2n) is 11.2. The summed E-state index contributed by atoms with van der Waals surface area (Å²) in [4.78, 5) is 21.6. The SMILES string of the molecule is Cc1cc(/C=C/C(=O)N2CCN(Cc3ccc(CCO)cc3)CC2)cc(C)c1Oc1ccc(OCc2ccc(C#N)cc2)cn1. The lowest BCUT2D eigenvalue weighted by Gasteiger charge is -2.34. The average Bonchev–Trinajstić information content (AvgIpc) is 3.06. The van der Waals surface area contributed by atoms with Crippen molar-refractivity contribution in [1.82, 2.24) is 14.8 Å². The Labute approximate surface area is 264 Å². The topological polar surface area (TPSA) is 98.9 Å². The van der Waals surface area contributed by atoms with Crippen LogP contribution in [0.2, 0.25) is 0 Å². The Balaban J connectivity index is 1.10. The van der Waals surface area contributed by atoms with Gasteiger partial charge in [0.25, 0.3) is 0 Å². The number of aliphatic hydroxyl groups excluding tert-OH is 1. The number of pyridine rings is 1. The molecule has 1 aliphatic rings. The zero-order valence-corrected chi connectivity index (χ0v) is 25.8. The Morgan fingerprint density at radius 2 is 1.60 bits per heavy atom. The van der Waals surface area contributed by atoms with Gasteiger partial charge in [0, 0.05) is 51.5 Å². The van der Waals surface area contributed by atoms with Gasteiger partial charge in [0.2, 0.25) is 11.8 Å². The third-order valence-electron chi connectivity index (χ3n) is 7.82. The van der Waals surface area contributed by atoms with Crippen LogP contribution in [0.25, 0.3) is 6.08 Å². The molecule has 5 rings (SSSR count). The summed E-state index contributed by atoms with van der Waals surface area (Å²) in [6.45, 7) is 8.43. The minimum atomic E-state index is 0.0179. The number of piperazine rings is 1. The number of nitrogens with zero attached hydrogens (tertiary/aromatic N) is 4. The van der Waals surface area contributed by atoms with Gasteiger partial charge >= 0.3 is 0 Å². The first-order chi connectivity index (χ1) is 21.9. The summed E-state index contributed by atoms with van der Waals surface area (Å²) >= 11 is 0. The summed E-state index contributed by atoms with van der Waals surface area (Å²) < 4.78 is 11.9. The van der Waals surface area contributed by atoms with Crippen LogP contribution in [0.3, 0.4) is 0 Å². The fraction of sp³-hybridized carbons (Fsp3) is 0.270. The van der Waals surface area contributed by atoms with Gasteiger partial charge in [-0.15, -0.1) is 0 Å². The maximum Gasteiger partial charge on any atom is 0.246 e. The molecule has 8 nitrogen and oxygen atoms in total. The lowest BCUT2D eigenvalue weighted by atomic mass is 10.1. The first-order valence-corrected chi connectivity index (χ1v) is 15.1. The summed E-state index contributed by atoms with van der Waals surface area (Å²) in [5.74, 6) is 1.83. The Kier molecular flexibility index (Phi) is 10.6. The predicted molar refractivity (Wildman–Crippen MR) is 174 cm³/mol. The molecule has 4 aromatic rings. The second-order valence-corrected chi connectivity index (χ2v) is 11.2. The number of aliphatic hydroxyl groups is 1. The lowest BCUT2D eigenvalue weighted by Crippen LogP contribution is -2.47. The number of hydrogen-bond acceptors (Lipinski definition) is 7. The van der Waals surface area contributed by atoms with E-state index in [0.29, 0.717) is 43.3 Å². The van der Waals surface area contributed by atoms with Crippen LogP contribution in [0.5, 0.6) is 17.4 Å². The Morgan fingerprint density at radius 3 is 2.22 bits per heavy atom. The number of rotatable bonds is 11. The summed E-state index contributed by atoms with van der Waals surface area (Å²) in [7, 11) is 0. The van der Waals surface area contributed by atoms with E-state index in [9.17, 15) is 4.79 Å². The Morgan fingerprint density at radius 1 is 0.933 bits per heavy atom. The predicted octanol–water partition coefficient (Wildman–Crippen LogP) is 5.83. The molecule has 0 bridgehead atoms. The van der Waals surface area contributed by atoms with Crippen molar-refractivity contribution in [1.29, 1.82) is 5.26 Å². The van der Waals surface area contributed by atoms with Gasteiger partial charge < -0.3 is 19.5 Å². The summed E-state index contributed by atoms with van der Waals surface area (Å²) in [5.41, 5.74) is 6.80. The average molecular weight is 603 g/mol. The highest BCUT2D eigenvalue weighted by Crippen LogP contribution is 2.30. The number of nitriles is 1. The molecule has 0 aliphatic carbocycles. The van der Waals surface area contributed by atoms with Gasteiger partial charge in [0.15, 0.2) is 0 Å². The molecular weight excluding hydrogens is 564 g/mol. The van der Waals surface area contributed by atoms with Crippen LogP contribution in [-0.4, -0.2) is 58.6 Å². The number of aromatic nitrogens is 1. The number of carbonyl (C=O) groups is 1.